The van der Waals surface area contributed by atoms with Gasteiger partial charge in [0.15, 0.2) is 9.84 Å². The predicted molar refractivity (Wildman–Crippen MR) is 98.2 cm³/mol. The summed E-state index contributed by atoms with van der Waals surface area (Å²) in [6, 6.07) is 8.14. The van der Waals surface area contributed by atoms with Crippen molar-refractivity contribution in [2.24, 2.45) is 5.92 Å². The van der Waals surface area contributed by atoms with E-state index in [1.807, 2.05) is 23.1 Å². The number of thiazole rings is 1. The van der Waals surface area contributed by atoms with Crippen LogP contribution in [0, 0.1) is 5.92 Å². The lowest BCUT2D eigenvalue weighted by molar-refractivity contribution is -0.136. The standard InChI is InChI=1S/C17H21N3O3S2/c21-17(13-5-10-25(22,23)12-13)20-8-6-19(7-9-20)11-16-18-14-3-1-2-4-15(14)24-16/h1-4,13H,5-12H2. The van der Waals surface area contributed by atoms with Crippen LogP contribution in [-0.2, 0) is 21.2 Å². The van der Waals surface area contributed by atoms with Crippen molar-refractivity contribution < 1.29 is 13.2 Å². The van der Waals surface area contributed by atoms with E-state index in [1.165, 1.54) is 4.70 Å². The molecule has 1 unspecified atom stereocenters. The van der Waals surface area contributed by atoms with Crippen LogP contribution < -0.4 is 0 Å². The number of hydrogen-bond acceptors (Lipinski definition) is 6. The fraction of sp³-hybridized carbons (Fsp3) is 0.529. The normalized spacial score (nSPS) is 24.0. The number of aromatic nitrogens is 1. The Morgan fingerprint density at radius 2 is 1.96 bits per heavy atom. The van der Waals surface area contributed by atoms with Crippen LogP contribution in [0.2, 0.25) is 0 Å². The SMILES string of the molecule is O=C(C1CCS(=O)(=O)C1)N1CCN(Cc2nc3ccccc3s2)CC1. The van der Waals surface area contributed by atoms with Gasteiger partial charge in [0.2, 0.25) is 5.91 Å². The molecule has 0 N–H and O–H groups in total. The van der Waals surface area contributed by atoms with Gasteiger partial charge in [0, 0.05) is 26.2 Å². The second-order valence-corrected chi connectivity index (χ2v) is 10.1. The third kappa shape index (κ3) is 3.70. The zero-order valence-corrected chi connectivity index (χ0v) is 15.6. The first kappa shape index (κ1) is 16.9. The Labute approximate surface area is 151 Å². The number of hydrogen-bond donors (Lipinski definition) is 0. The minimum Gasteiger partial charge on any atom is -0.340 e. The van der Waals surface area contributed by atoms with Crippen LogP contribution in [0.3, 0.4) is 0 Å². The van der Waals surface area contributed by atoms with E-state index >= 15 is 0 Å². The largest absolute Gasteiger partial charge is 0.340 e. The minimum atomic E-state index is -3.01. The summed E-state index contributed by atoms with van der Waals surface area (Å²) in [5.41, 5.74) is 1.04. The molecule has 0 radical (unpaired) electrons. The van der Waals surface area contributed by atoms with Gasteiger partial charge in [-0.3, -0.25) is 9.69 Å². The number of benzene rings is 1. The summed E-state index contributed by atoms with van der Waals surface area (Å²) < 4.78 is 24.3. The molecular formula is C17H21N3O3S2. The first-order chi connectivity index (χ1) is 12.0. The van der Waals surface area contributed by atoms with Crippen molar-refractivity contribution in [3.05, 3.63) is 29.3 Å². The molecule has 4 rings (SSSR count). The van der Waals surface area contributed by atoms with E-state index in [-0.39, 0.29) is 23.3 Å². The molecule has 3 heterocycles. The molecule has 2 fully saturated rings. The second-order valence-electron chi connectivity index (χ2n) is 6.78. The zero-order valence-electron chi connectivity index (χ0n) is 13.9. The maximum absolute atomic E-state index is 12.5. The number of fused-ring (bicyclic) bond motifs is 1. The lowest BCUT2D eigenvalue weighted by atomic mass is 10.1. The lowest BCUT2D eigenvalue weighted by Gasteiger charge is -2.35. The van der Waals surface area contributed by atoms with E-state index in [2.05, 4.69) is 16.0 Å². The molecule has 0 spiro atoms. The Morgan fingerprint density at radius 1 is 1.20 bits per heavy atom. The highest BCUT2D eigenvalue weighted by molar-refractivity contribution is 7.91. The van der Waals surface area contributed by atoms with Crippen LogP contribution in [-0.4, -0.2) is 66.8 Å². The molecule has 2 aromatic rings. The molecule has 0 aliphatic carbocycles. The van der Waals surface area contributed by atoms with Crippen molar-refractivity contribution in [3.63, 3.8) is 0 Å². The number of para-hydroxylation sites is 1. The summed E-state index contributed by atoms with van der Waals surface area (Å²) in [5, 5.41) is 1.10. The van der Waals surface area contributed by atoms with Crippen LogP contribution >= 0.6 is 11.3 Å². The molecule has 2 aliphatic heterocycles. The third-order valence-corrected chi connectivity index (χ3v) is 7.75. The average Bonchev–Trinajstić information content (AvgIpc) is 3.17. The van der Waals surface area contributed by atoms with Crippen molar-refractivity contribution in [2.75, 3.05) is 37.7 Å². The smallest absolute Gasteiger partial charge is 0.226 e. The molecule has 1 aromatic carbocycles. The number of nitrogens with zero attached hydrogens (tertiary/aromatic N) is 3. The van der Waals surface area contributed by atoms with Gasteiger partial charge in [-0.05, 0) is 18.6 Å². The minimum absolute atomic E-state index is 0.0145. The summed E-state index contributed by atoms with van der Waals surface area (Å²) in [4.78, 5) is 21.3. The summed E-state index contributed by atoms with van der Waals surface area (Å²) >= 11 is 1.72. The van der Waals surface area contributed by atoms with E-state index in [4.69, 9.17) is 0 Å². The van der Waals surface area contributed by atoms with Crippen LogP contribution in [0.15, 0.2) is 24.3 Å². The van der Waals surface area contributed by atoms with Gasteiger partial charge in [-0.1, -0.05) is 12.1 Å². The Kier molecular flexibility index (Phi) is 4.51. The average molecular weight is 380 g/mol. The third-order valence-electron chi connectivity index (χ3n) is 4.96. The Bertz CT molecular complexity index is 852. The van der Waals surface area contributed by atoms with Crippen LogP contribution in [0.25, 0.3) is 10.2 Å². The van der Waals surface area contributed by atoms with E-state index in [1.54, 1.807) is 11.3 Å². The van der Waals surface area contributed by atoms with Gasteiger partial charge in [-0.25, -0.2) is 13.4 Å². The molecule has 8 heteroatoms. The summed E-state index contributed by atoms with van der Waals surface area (Å²) in [5.74, 6) is -0.139. The van der Waals surface area contributed by atoms with Crippen LogP contribution in [0.4, 0.5) is 0 Å². The Morgan fingerprint density at radius 3 is 2.64 bits per heavy atom. The fourth-order valence-electron chi connectivity index (χ4n) is 3.55. The monoisotopic (exact) mass is 379 g/mol. The molecule has 1 amide bonds. The summed E-state index contributed by atoms with van der Waals surface area (Å²) in [6.07, 6.45) is 0.479. The molecule has 0 saturated carbocycles. The number of rotatable bonds is 3. The van der Waals surface area contributed by atoms with E-state index < -0.39 is 9.84 Å². The first-order valence-electron chi connectivity index (χ1n) is 8.56. The fourth-order valence-corrected chi connectivity index (χ4v) is 6.30. The number of carbonyl (C=O) groups is 1. The molecule has 0 bridgehead atoms. The van der Waals surface area contributed by atoms with E-state index in [0.717, 1.165) is 30.2 Å². The van der Waals surface area contributed by atoms with Crippen molar-refractivity contribution >= 4 is 37.3 Å². The molecule has 2 aliphatic rings. The van der Waals surface area contributed by atoms with Crippen molar-refractivity contribution in [1.29, 1.82) is 0 Å². The highest BCUT2D eigenvalue weighted by Gasteiger charge is 2.36. The topological polar surface area (TPSA) is 70.6 Å². The van der Waals surface area contributed by atoms with E-state index in [9.17, 15) is 13.2 Å². The molecule has 25 heavy (non-hydrogen) atoms. The predicted octanol–water partition coefficient (Wildman–Crippen LogP) is 1.38. The van der Waals surface area contributed by atoms with Gasteiger partial charge in [0.25, 0.3) is 0 Å². The maximum atomic E-state index is 12.5. The van der Waals surface area contributed by atoms with Gasteiger partial charge in [0.05, 0.1) is 34.2 Å². The first-order valence-corrected chi connectivity index (χ1v) is 11.2. The molecule has 1 atom stereocenters. The molecule has 6 nitrogen and oxygen atoms in total. The Balaban J connectivity index is 1.33. The number of sulfone groups is 1. The van der Waals surface area contributed by atoms with Crippen molar-refractivity contribution in [3.8, 4) is 0 Å². The van der Waals surface area contributed by atoms with E-state index in [0.29, 0.717) is 19.5 Å². The van der Waals surface area contributed by atoms with Gasteiger partial charge in [0.1, 0.15) is 5.01 Å². The van der Waals surface area contributed by atoms with Gasteiger partial charge >= 0.3 is 0 Å². The molecule has 2 saturated heterocycles. The van der Waals surface area contributed by atoms with Crippen molar-refractivity contribution in [1.82, 2.24) is 14.8 Å². The quantitative estimate of drug-likeness (QED) is 0.806. The number of piperazine rings is 1. The molecular weight excluding hydrogens is 358 g/mol. The van der Waals surface area contributed by atoms with Gasteiger partial charge in [-0.2, -0.15) is 0 Å². The molecule has 134 valence electrons. The van der Waals surface area contributed by atoms with Crippen LogP contribution in [0.1, 0.15) is 11.4 Å². The van der Waals surface area contributed by atoms with Gasteiger partial charge < -0.3 is 4.90 Å². The highest BCUT2D eigenvalue weighted by Crippen LogP contribution is 2.24. The van der Waals surface area contributed by atoms with Gasteiger partial charge in [-0.15, -0.1) is 11.3 Å². The number of amides is 1. The van der Waals surface area contributed by atoms with Crippen molar-refractivity contribution in [2.45, 2.75) is 13.0 Å². The summed E-state index contributed by atoms with van der Waals surface area (Å²) in [6.45, 7) is 3.75. The highest BCUT2D eigenvalue weighted by atomic mass is 32.2. The lowest BCUT2D eigenvalue weighted by Crippen LogP contribution is -2.50. The Hall–Kier alpha value is -1.51. The summed E-state index contributed by atoms with van der Waals surface area (Å²) in [7, 11) is -3.01. The van der Waals surface area contributed by atoms with Crippen LogP contribution in [0.5, 0.6) is 0 Å². The second kappa shape index (κ2) is 6.66. The zero-order chi connectivity index (χ0) is 17.4. The molecule has 1 aromatic heterocycles. The maximum Gasteiger partial charge on any atom is 0.226 e. The number of carbonyl (C=O) groups excluding carboxylic acids is 1.